The number of phenolic OH excluding ortho intramolecular Hbond substituents is 1. The lowest BCUT2D eigenvalue weighted by Gasteiger charge is -2.40. The first-order valence-corrected chi connectivity index (χ1v) is 26.5. The summed E-state index contributed by atoms with van der Waals surface area (Å²) >= 11 is 0. The van der Waals surface area contributed by atoms with E-state index >= 15 is 0 Å². The molecule has 336 valence electrons. The fourth-order valence-corrected chi connectivity index (χ4v) is 14.5. The molecule has 0 spiro atoms. The number of hydrogen-bond acceptors (Lipinski definition) is 12. The van der Waals surface area contributed by atoms with E-state index in [9.17, 15) is 24.3 Å². The molecular weight excluding hydrogens is 833 g/mol. The lowest BCUT2D eigenvalue weighted by molar-refractivity contribution is -0.137. The predicted octanol–water partition coefficient (Wildman–Crippen LogP) is 11.0. The summed E-state index contributed by atoms with van der Waals surface area (Å²) in [6.07, 6.45) is 14.1. The minimum Gasteiger partial charge on any atom is -0.508 e. The van der Waals surface area contributed by atoms with Crippen LogP contribution in [0.1, 0.15) is 135 Å². The summed E-state index contributed by atoms with van der Waals surface area (Å²) in [7, 11) is 12.1. The molecule has 2 aromatic carbocycles. The Hall–Kier alpha value is -2.16. The van der Waals surface area contributed by atoms with Gasteiger partial charge in [-0.05, 0) is 140 Å². The van der Waals surface area contributed by atoms with Crippen LogP contribution in [0.2, 0.25) is 0 Å². The number of nitrogens with zero attached hydrogens (tertiary/aromatic N) is 2. The van der Waals surface area contributed by atoms with Gasteiger partial charge >= 0.3 is 11.9 Å². The Morgan fingerprint density at radius 2 is 1.17 bits per heavy atom. The molecule has 2 aromatic rings. The maximum Gasteiger partial charge on any atom is 0.311 e. The fraction of sp³-hybridized carbons (Fsp3) is 0.660. The average molecular weight is 905 g/mol. The van der Waals surface area contributed by atoms with Gasteiger partial charge in [0.2, 0.25) is 0 Å². The van der Waals surface area contributed by atoms with Crippen LogP contribution < -0.4 is 4.74 Å². The number of phenols is 1. The predicted molar refractivity (Wildman–Crippen MR) is 256 cm³/mol. The quantitative estimate of drug-likeness (QED) is 0.0678. The number of esters is 1. The third-order valence-electron chi connectivity index (χ3n) is 12.2. The zero-order chi connectivity index (χ0) is 42.7. The van der Waals surface area contributed by atoms with Crippen LogP contribution in [-0.4, -0.2) is 106 Å². The Labute approximate surface area is 376 Å². The van der Waals surface area contributed by atoms with Gasteiger partial charge in [0.05, 0.1) is 10.8 Å². The highest BCUT2D eigenvalue weighted by Gasteiger charge is 2.42. The Bertz CT molecular complexity index is 1620. The maximum absolute atomic E-state index is 12.9. The zero-order valence-corrected chi connectivity index (χ0v) is 39.1. The number of hydrogen-bond donors (Lipinski definition) is 2. The van der Waals surface area contributed by atoms with E-state index in [0.29, 0.717) is 37.2 Å². The molecule has 13 heteroatoms. The van der Waals surface area contributed by atoms with Crippen molar-refractivity contribution in [3.63, 3.8) is 0 Å². The third kappa shape index (κ3) is 16.2. The second kappa shape index (κ2) is 27.1. The number of Topliss-reactive ketones (excluding diaryl/α,β-unsaturated/α-hetero) is 2. The molecule has 0 radical (unpaired) electrons. The minimum absolute atomic E-state index is 0. The van der Waals surface area contributed by atoms with E-state index in [2.05, 4.69) is 23.9 Å². The van der Waals surface area contributed by atoms with Gasteiger partial charge in [0.1, 0.15) is 23.1 Å². The first-order chi connectivity index (χ1) is 28.4. The van der Waals surface area contributed by atoms with Gasteiger partial charge in [0.15, 0.2) is 0 Å². The largest absolute Gasteiger partial charge is 0.508 e. The molecule has 0 aliphatic carbocycles. The van der Waals surface area contributed by atoms with Gasteiger partial charge in [-0.1, -0.05) is 102 Å². The van der Waals surface area contributed by atoms with E-state index in [1.165, 1.54) is 37.2 Å². The minimum atomic E-state index is -0.663. The number of aliphatic carboxylic acids is 1. The number of aromatic hydroxyl groups is 1. The SMILES string of the molecule is C.CCC(=O)C1(c2cccc(O)c2)CCN(C)CC1.CCC(=O)C1(c2cccc(OC(=O)CCCCC3CCSS3)c2)CCN(C)CC1.O=C(O)CCCCC1CCSS1. The van der Waals surface area contributed by atoms with Crippen LogP contribution in [0.25, 0.3) is 0 Å². The summed E-state index contributed by atoms with van der Waals surface area (Å²) in [5.41, 5.74) is 1.14. The van der Waals surface area contributed by atoms with E-state index < -0.39 is 11.4 Å². The third-order valence-corrected chi connectivity index (χ3v) is 18.2. The molecule has 0 saturated carbocycles. The van der Waals surface area contributed by atoms with Gasteiger partial charge < -0.3 is 24.7 Å². The highest BCUT2D eigenvalue weighted by molar-refractivity contribution is 8.77. The van der Waals surface area contributed by atoms with Crippen molar-refractivity contribution in [1.82, 2.24) is 9.80 Å². The maximum atomic E-state index is 12.9. The summed E-state index contributed by atoms with van der Waals surface area (Å²) in [6.45, 7) is 7.55. The van der Waals surface area contributed by atoms with Crippen molar-refractivity contribution in [1.29, 1.82) is 0 Å². The molecule has 2 N–H and O–H groups in total. The van der Waals surface area contributed by atoms with E-state index in [1.54, 1.807) is 12.1 Å². The van der Waals surface area contributed by atoms with Crippen molar-refractivity contribution in [3.8, 4) is 11.5 Å². The van der Waals surface area contributed by atoms with Crippen LogP contribution in [-0.2, 0) is 30.0 Å². The van der Waals surface area contributed by atoms with Crippen LogP contribution in [0.4, 0.5) is 0 Å². The number of piperidine rings is 2. The standard InChI is InChI=1S/C23H33NO3S2.C15H21NO2.C8H14O2S2.CH4/c1-3-21(25)23(12-14-24(2)15-13-23)18-7-6-8-19(17-18)27-22(26)10-5-4-9-20-11-16-28-29-20;1-3-14(18)15(7-9-16(2)10-8-15)12-5-4-6-13(17)11-12;9-8(10)4-2-1-3-7-5-6-11-12-7;/h6-8,17,20H,3-5,9-16H2,1-2H3;4-6,11,17H,3,7-10H2,1-2H3;7H,1-6H2,(H,9,10);1H4. The van der Waals surface area contributed by atoms with Gasteiger partial charge in [0.25, 0.3) is 0 Å². The second-order valence-electron chi connectivity index (χ2n) is 16.4. The number of carboxylic acids is 1. The van der Waals surface area contributed by atoms with Gasteiger partial charge in [-0.3, -0.25) is 19.2 Å². The topological polar surface area (TPSA) is 124 Å². The van der Waals surface area contributed by atoms with Crippen LogP contribution in [0.5, 0.6) is 11.5 Å². The van der Waals surface area contributed by atoms with Crippen molar-refractivity contribution in [2.45, 2.75) is 145 Å². The van der Waals surface area contributed by atoms with Crippen molar-refractivity contribution in [2.75, 3.05) is 51.8 Å². The summed E-state index contributed by atoms with van der Waals surface area (Å²) in [5, 5.41) is 19.6. The van der Waals surface area contributed by atoms with Crippen LogP contribution in [0.15, 0.2) is 48.5 Å². The molecule has 0 aromatic heterocycles. The van der Waals surface area contributed by atoms with E-state index in [-0.39, 0.29) is 30.3 Å². The Kier molecular flexibility index (Phi) is 23.6. The van der Waals surface area contributed by atoms with Gasteiger partial charge in [-0.15, -0.1) is 0 Å². The van der Waals surface area contributed by atoms with Crippen molar-refractivity contribution >= 4 is 66.7 Å². The average Bonchev–Trinajstić information content (AvgIpc) is 3.97. The molecule has 60 heavy (non-hydrogen) atoms. The number of unbranched alkanes of at least 4 members (excludes halogenated alkanes) is 2. The molecule has 4 saturated heterocycles. The molecule has 0 bridgehead atoms. The molecule has 4 aliphatic rings. The van der Waals surface area contributed by atoms with E-state index in [0.717, 1.165) is 99.2 Å². The van der Waals surface area contributed by atoms with Gasteiger partial charge in [0, 0.05) is 47.7 Å². The monoisotopic (exact) mass is 904 g/mol. The molecule has 2 atom stereocenters. The first kappa shape index (κ1) is 52.2. The molecule has 2 unspecified atom stereocenters. The highest BCUT2D eigenvalue weighted by Crippen LogP contribution is 2.42. The molecule has 4 heterocycles. The first-order valence-electron chi connectivity index (χ1n) is 21.7. The Morgan fingerprint density at radius 3 is 1.60 bits per heavy atom. The van der Waals surface area contributed by atoms with Gasteiger partial charge in [-0.25, -0.2) is 0 Å². The number of rotatable bonds is 17. The summed E-state index contributed by atoms with van der Waals surface area (Å²) < 4.78 is 5.63. The highest BCUT2D eigenvalue weighted by atomic mass is 33.1. The fourth-order valence-electron chi connectivity index (χ4n) is 8.40. The Morgan fingerprint density at radius 1 is 0.700 bits per heavy atom. The number of ketones is 2. The van der Waals surface area contributed by atoms with Crippen LogP contribution >= 0.6 is 43.2 Å². The van der Waals surface area contributed by atoms with Crippen molar-refractivity contribution in [2.24, 2.45) is 0 Å². The lowest BCUT2D eigenvalue weighted by atomic mass is 9.69. The number of carbonyl (C=O) groups is 4. The molecule has 4 fully saturated rings. The number of ether oxygens (including phenoxy) is 1. The smallest absolute Gasteiger partial charge is 0.311 e. The summed E-state index contributed by atoms with van der Waals surface area (Å²) in [4.78, 5) is 52.3. The van der Waals surface area contributed by atoms with Gasteiger partial charge in [-0.2, -0.15) is 0 Å². The Balaban J connectivity index is 0.000000264. The molecule has 0 amide bonds. The lowest BCUT2D eigenvalue weighted by Crippen LogP contribution is -2.46. The summed E-state index contributed by atoms with van der Waals surface area (Å²) in [6, 6.07) is 14.9. The van der Waals surface area contributed by atoms with Crippen LogP contribution in [0.3, 0.4) is 0 Å². The van der Waals surface area contributed by atoms with Crippen LogP contribution in [0, 0.1) is 0 Å². The summed E-state index contributed by atoms with van der Waals surface area (Å²) in [5.74, 6) is 3.09. The molecule has 6 rings (SSSR count). The van der Waals surface area contributed by atoms with Crippen molar-refractivity contribution < 1.29 is 34.1 Å². The van der Waals surface area contributed by atoms with Crippen molar-refractivity contribution in [3.05, 3.63) is 59.7 Å². The zero-order valence-electron chi connectivity index (χ0n) is 35.8. The number of likely N-dealkylation sites (tertiary alicyclic amines) is 2. The van der Waals surface area contributed by atoms with E-state index in [1.807, 2.05) is 93.4 Å². The normalized spacial score (nSPS) is 21.0. The van der Waals surface area contributed by atoms with E-state index in [4.69, 9.17) is 9.84 Å². The number of benzene rings is 2. The number of carbonyl (C=O) groups excluding carboxylic acids is 3. The molecular formula is C47H72N2O7S4. The molecule has 9 nitrogen and oxygen atoms in total. The molecule has 4 aliphatic heterocycles. The second-order valence-corrected chi connectivity index (χ2v) is 22.0. The number of carboxylic acid groups (broad SMARTS) is 1.